The molecule has 0 spiro atoms. The molecule has 6 N–H and O–H groups in total. The van der Waals surface area contributed by atoms with E-state index in [2.05, 4.69) is 56.7 Å². The molecule has 0 fully saturated rings. The Morgan fingerprint density at radius 3 is 2.47 bits per heavy atom. The summed E-state index contributed by atoms with van der Waals surface area (Å²) in [5.41, 5.74) is 8.58. The highest BCUT2D eigenvalue weighted by molar-refractivity contribution is 7.13. The van der Waals surface area contributed by atoms with Gasteiger partial charge in [-0.1, -0.05) is 32.9 Å². The highest BCUT2D eigenvalue weighted by atomic mass is 32.1. The van der Waals surface area contributed by atoms with E-state index in [1.807, 2.05) is 25.1 Å². The van der Waals surface area contributed by atoms with Crippen molar-refractivity contribution in [1.29, 1.82) is 0 Å². The van der Waals surface area contributed by atoms with Gasteiger partial charge in [-0.2, -0.15) is 0 Å². The van der Waals surface area contributed by atoms with Crippen LogP contribution in [0.5, 0.6) is 0 Å². The number of nitrogens with one attached hydrogen (secondary N) is 3. The van der Waals surface area contributed by atoms with Gasteiger partial charge in [0.15, 0.2) is 0 Å². The SMILES string of the molecule is Cc1cc(-c2ccnc(N/C(C=NC[C@H](NC(=O)OC(C)(C)C)C(=O)O)=C/N)n2)ccc1CNC(=O)c1cnc(C(C)(C)C)s1. The molecule has 0 aliphatic rings. The molecule has 3 rings (SSSR count). The molecule has 14 heteroatoms. The van der Waals surface area contributed by atoms with Crippen LogP contribution in [0.15, 0.2) is 53.5 Å². The Morgan fingerprint density at radius 2 is 1.87 bits per heavy atom. The van der Waals surface area contributed by atoms with Crippen molar-refractivity contribution >= 4 is 41.5 Å². The fraction of sp³-hybridized carbons (Fsp3) is 0.387. The number of nitrogens with zero attached hydrogens (tertiary/aromatic N) is 4. The van der Waals surface area contributed by atoms with Crippen molar-refractivity contribution < 1.29 is 24.2 Å². The number of hydrogen-bond acceptors (Lipinski definition) is 11. The van der Waals surface area contributed by atoms with Crippen LogP contribution in [0.3, 0.4) is 0 Å². The zero-order valence-corrected chi connectivity index (χ0v) is 27.3. The summed E-state index contributed by atoms with van der Waals surface area (Å²) in [6, 6.07) is 6.29. The van der Waals surface area contributed by atoms with Gasteiger partial charge in [0.25, 0.3) is 5.91 Å². The summed E-state index contributed by atoms with van der Waals surface area (Å²) in [5, 5.41) is 18.6. The summed E-state index contributed by atoms with van der Waals surface area (Å²) >= 11 is 1.40. The number of carbonyl (C=O) groups is 3. The number of amides is 2. The number of aliphatic carboxylic acids is 1. The molecule has 240 valence electrons. The zero-order chi connectivity index (χ0) is 33.4. The molecule has 0 aliphatic carbocycles. The van der Waals surface area contributed by atoms with E-state index < -0.39 is 23.7 Å². The molecule has 0 saturated carbocycles. The Morgan fingerprint density at radius 1 is 1.13 bits per heavy atom. The number of aromatic nitrogens is 3. The van der Waals surface area contributed by atoms with Crippen molar-refractivity contribution in [3.63, 3.8) is 0 Å². The number of nitrogens with two attached hydrogens (primary N) is 1. The Bertz CT molecular complexity index is 1590. The number of hydrogen-bond donors (Lipinski definition) is 5. The molecule has 0 saturated heterocycles. The number of alkyl carbamates (subject to hydrolysis) is 1. The number of allylic oxidation sites excluding steroid dienone is 1. The maximum absolute atomic E-state index is 12.7. The zero-order valence-electron chi connectivity index (χ0n) is 26.5. The predicted molar refractivity (Wildman–Crippen MR) is 174 cm³/mol. The maximum atomic E-state index is 12.7. The average Bonchev–Trinajstić information content (AvgIpc) is 3.46. The van der Waals surface area contributed by atoms with Crippen molar-refractivity contribution in [1.82, 2.24) is 25.6 Å². The van der Waals surface area contributed by atoms with Crippen LogP contribution in [-0.2, 0) is 21.5 Å². The fourth-order valence-corrected chi connectivity index (χ4v) is 4.65. The van der Waals surface area contributed by atoms with E-state index in [0.29, 0.717) is 22.8 Å². The first-order chi connectivity index (χ1) is 21.1. The number of anilines is 1. The summed E-state index contributed by atoms with van der Waals surface area (Å²) in [5.74, 6) is -1.19. The highest BCUT2D eigenvalue weighted by Gasteiger charge is 2.24. The quantitative estimate of drug-likeness (QED) is 0.188. The molecule has 0 aliphatic heterocycles. The van der Waals surface area contributed by atoms with Gasteiger partial charge >= 0.3 is 12.1 Å². The molecule has 1 atom stereocenters. The summed E-state index contributed by atoms with van der Waals surface area (Å²) < 4.78 is 5.11. The van der Waals surface area contributed by atoms with Crippen LogP contribution in [0, 0.1) is 6.92 Å². The van der Waals surface area contributed by atoms with Gasteiger partial charge in [0, 0.05) is 36.1 Å². The number of aryl methyl sites for hydroxylation is 1. The normalized spacial score (nSPS) is 12.9. The lowest BCUT2D eigenvalue weighted by molar-refractivity contribution is -0.139. The van der Waals surface area contributed by atoms with E-state index in [0.717, 1.165) is 21.7 Å². The molecule has 45 heavy (non-hydrogen) atoms. The van der Waals surface area contributed by atoms with Crippen LogP contribution in [-0.4, -0.2) is 62.4 Å². The molecule has 13 nitrogen and oxygen atoms in total. The molecule has 1 aromatic carbocycles. The van der Waals surface area contributed by atoms with Gasteiger partial charge in [0.1, 0.15) is 16.5 Å². The lowest BCUT2D eigenvalue weighted by Crippen LogP contribution is -2.45. The minimum atomic E-state index is -1.30. The number of thiazole rings is 1. The lowest BCUT2D eigenvalue weighted by atomic mass is 9.98. The number of carboxylic acid groups (broad SMARTS) is 1. The summed E-state index contributed by atoms with van der Waals surface area (Å²) in [6.45, 7) is 13.3. The standard InChI is InChI=1S/C31H40N8O5S/c1-18-12-19(8-9-20(18)14-35-25(40)24-17-36-27(45-24)30(2,3)4)22-10-11-34-28(38-22)37-21(13-32)15-33-16-23(26(41)42)39-29(43)44-31(5,6)7/h8-13,15,17,23H,14,16,32H2,1-7H3,(H,35,40)(H,39,43)(H,41,42)(H,34,37,38)/b21-13+,33-15?/t23-/m0/s1. The third-order valence-electron chi connectivity index (χ3n) is 6.05. The monoisotopic (exact) mass is 636 g/mol. The molecule has 0 radical (unpaired) electrons. The van der Waals surface area contributed by atoms with Crippen LogP contribution < -0.4 is 21.7 Å². The second-order valence-corrected chi connectivity index (χ2v) is 13.2. The molecule has 2 heterocycles. The summed E-state index contributed by atoms with van der Waals surface area (Å²) in [7, 11) is 0. The lowest BCUT2D eigenvalue weighted by Gasteiger charge is -2.21. The Balaban J connectivity index is 1.62. The number of rotatable bonds is 11. The topological polar surface area (TPSA) is 194 Å². The van der Waals surface area contributed by atoms with Crippen LogP contribution in [0.2, 0.25) is 0 Å². The first-order valence-electron chi connectivity index (χ1n) is 14.1. The van der Waals surface area contributed by atoms with Crippen LogP contribution >= 0.6 is 11.3 Å². The number of benzene rings is 1. The van der Waals surface area contributed by atoms with Crippen molar-refractivity contribution in [2.75, 3.05) is 11.9 Å². The van der Waals surface area contributed by atoms with Gasteiger partial charge in [-0.15, -0.1) is 11.3 Å². The van der Waals surface area contributed by atoms with Crippen LogP contribution in [0.4, 0.5) is 10.7 Å². The largest absolute Gasteiger partial charge is 0.480 e. The van der Waals surface area contributed by atoms with E-state index in [4.69, 9.17) is 10.5 Å². The highest BCUT2D eigenvalue weighted by Crippen LogP contribution is 2.27. The van der Waals surface area contributed by atoms with Crippen molar-refractivity contribution in [3.8, 4) is 11.3 Å². The van der Waals surface area contributed by atoms with Crippen LogP contribution in [0.25, 0.3) is 11.3 Å². The van der Waals surface area contributed by atoms with Crippen molar-refractivity contribution in [2.45, 2.75) is 72.1 Å². The Kier molecular flexibility index (Phi) is 11.4. The van der Waals surface area contributed by atoms with Gasteiger partial charge in [-0.25, -0.2) is 24.5 Å². The predicted octanol–water partition coefficient (Wildman–Crippen LogP) is 4.40. The van der Waals surface area contributed by atoms with E-state index in [1.165, 1.54) is 23.8 Å². The first kappa shape index (κ1) is 34.6. The average molecular weight is 637 g/mol. The van der Waals surface area contributed by atoms with Crippen molar-refractivity contribution in [2.24, 2.45) is 10.7 Å². The number of ether oxygens (including phenoxy) is 1. The van der Waals surface area contributed by atoms with Gasteiger partial charge in [-0.05, 0) is 51.0 Å². The molecular formula is C31H40N8O5S. The van der Waals surface area contributed by atoms with E-state index in [-0.39, 0.29) is 23.8 Å². The second-order valence-electron chi connectivity index (χ2n) is 12.1. The third kappa shape index (κ3) is 10.7. The van der Waals surface area contributed by atoms with Gasteiger partial charge in [0.05, 0.1) is 29.1 Å². The fourth-order valence-electron chi connectivity index (χ4n) is 3.76. The first-order valence-corrected chi connectivity index (χ1v) is 15.0. The van der Waals surface area contributed by atoms with E-state index in [9.17, 15) is 19.5 Å². The summed E-state index contributed by atoms with van der Waals surface area (Å²) in [6.07, 6.45) is 4.91. The van der Waals surface area contributed by atoms with Crippen molar-refractivity contribution in [3.05, 3.63) is 69.6 Å². The molecule has 2 amide bonds. The maximum Gasteiger partial charge on any atom is 0.408 e. The van der Waals surface area contributed by atoms with Crippen LogP contribution in [0.1, 0.15) is 67.3 Å². The van der Waals surface area contributed by atoms with Gasteiger partial charge < -0.3 is 31.5 Å². The van der Waals surface area contributed by atoms with Gasteiger partial charge in [0.2, 0.25) is 5.95 Å². The molecule has 0 unspecified atom stereocenters. The second kappa shape index (κ2) is 14.8. The van der Waals surface area contributed by atoms with E-state index in [1.54, 1.807) is 39.2 Å². The Labute approximate surface area is 266 Å². The number of aliphatic imine (C=N–C) groups is 1. The molecule has 3 aromatic rings. The number of carbonyl (C=O) groups excluding carboxylic acids is 2. The third-order valence-corrected chi connectivity index (χ3v) is 7.47. The molecular weight excluding hydrogens is 596 g/mol. The molecule has 2 aromatic heterocycles. The summed E-state index contributed by atoms with van der Waals surface area (Å²) in [4.78, 5) is 54.1. The van der Waals surface area contributed by atoms with Gasteiger partial charge in [-0.3, -0.25) is 9.79 Å². The number of carboxylic acids is 1. The minimum Gasteiger partial charge on any atom is -0.480 e. The van der Waals surface area contributed by atoms with E-state index >= 15 is 0 Å². The smallest absolute Gasteiger partial charge is 0.408 e. The Hall–Kier alpha value is -4.85. The molecule has 0 bridgehead atoms. The minimum absolute atomic E-state index is 0.116.